The zero-order chi connectivity index (χ0) is 12.8. The Kier molecular flexibility index (Phi) is 2.92. The largest absolute Gasteiger partial charge is 0.481 e. The third-order valence-electron chi connectivity index (χ3n) is 4.33. The maximum Gasteiger partial charge on any atom is 0.307 e. The normalized spacial score (nSPS) is 35.5. The highest BCUT2D eigenvalue weighted by Crippen LogP contribution is 2.59. The lowest BCUT2D eigenvalue weighted by atomic mass is 9.99. The SMILES string of the molecule is CC1CCCN(C(=O)[C@@H]2[C@H](C(=O)O)C2(C)C)C1. The van der Waals surface area contributed by atoms with Crippen LogP contribution in [0.1, 0.15) is 33.6 Å². The van der Waals surface area contributed by atoms with E-state index in [9.17, 15) is 9.59 Å². The summed E-state index contributed by atoms with van der Waals surface area (Å²) >= 11 is 0. The van der Waals surface area contributed by atoms with Gasteiger partial charge in [-0.25, -0.2) is 0 Å². The van der Waals surface area contributed by atoms with Gasteiger partial charge >= 0.3 is 5.97 Å². The Hall–Kier alpha value is -1.06. The van der Waals surface area contributed by atoms with Crippen molar-refractivity contribution in [2.24, 2.45) is 23.2 Å². The van der Waals surface area contributed by atoms with Gasteiger partial charge in [-0.2, -0.15) is 0 Å². The molecule has 0 aromatic heterocycles. The lowest BCUT2D eigenvalue weighted by Crippen LogP contribution is -2.40. The smallest absolute Gasteiger partial charge is 0.307 e. The predicted octanol–water partition coefficient (Wildman–Crippen LogP) is 1.60. The molecule has 1 heterocycles. The molecule has 0 aromatic rings. The van der Waals surface area contributed by atoms with E-state index in [1.807, 2.05) is 18.7 Å². The summed E-state index contributed by atoms with van der Waals surface area (Å²) in [5.74, 6) is -1.05. The first kappa shape index (κ1) is 12.4. The molecule has 96 valence electrons. The van der Waals surface area contributed by atoms with Crippen LogP contribution in [0.5, 0.6) is 0 Å². The fourth-order valence-corrected chi connectivity index (χ4v) is 3.15. The number of hydrogen-bond donors (Lipinski definition) is 1. The molecule has 3 atom stereocenters. The molecule has 0 bridgehead atoms. The summed E-state index contributed by atoms with van der Waals surface area (Å²) < 4.78 is 0. The van der Waals surface area contributed by atoms with Crippen molar-refractivity contribution < 1.29 is 14.7 Å². The topological polar surface area (TPSA) is 57.6 Å². The van der Waals surface area contributed by atoms with Gasteiger partial charge in [0.25, 0.3) is 0 Å². The lowest BCUT2D eigenvalue weighted by molar-refractivity contribution is -0.142. The van der Waals surface area contributed by atoms with Gasteiger partial charge in [0, 0.05) is 13.1 Å². The van der Waals surface area contributed by atoms with Crippen molar-refractivity contribution in [1.29, 1.82) is 0 Å². The maximum atomic E-state index is 12.3. The minimum atomic E-state index is -0.835. The first-order chi connectivity index (χ1) is 7.85. The molecule has 1 unspecified atom stereocenters. The Balaban J connectivity index is 2.04. The van der Waals surface area contributed by atoms with Crippen LogP contribution in [-0.4, -0.2) is 35.0 Å². The molecule has 0 aromatic carbocycles. The van der Waals surface area contributed by atoms with Gasteiger partial charge in [-0.05, 0) is 24.2 Å². The Labute approximate surface area is 102 Å². The molecular weight excluding hydrogens is 218 g/mol. The van der Waals surface area contributed by atoms with Gasteiger partial charge in [0.05, 0.1) is 11.8 Å². The number of carbonyl (C=O) groups excluding carboxylic acids is 1. The summed E-state index contributed by atoms with van der Waals surface area (Å²) in [4.78, 5) is 25.2. The van der Waals surface area contributed by atoms with Crippen LogP contribution in [0.25, 0.3) is 0 Å². The van der Waals surface area contributed by atoms with Crippen molar-refractivity contribution in [3.05, 3.63) is 0 Å². The number of carboxylic acid groups (broad SMARTS) is 1. The molecule has 1 saturated heterocycles. The van der Waals surface area contributed by atoms with Crippen LogP contribution < -0.4 is 0 Å². The van der Waals surface area contributed by atoms with Gasteiger partial charge in [-0.3, -0.25) is 9.59 Å². The first-order valence-electron chi connectivity index (χ1n) is 6.37. The van der Waals surface area contributed by atoms with Crippen molar-refractivity contribution in [3.63, 3.8) is 0 Å². The van der Waals surface area contributed by atoms with E-state index < -0.39 is 11.9 Å². The van der Waals surface area contributed by atoms with E-state index in [0.29, 0.717) is 5.92 Å². The van der Waals surface area contributed by atoms with Gasteiger partial charge in [-0.1, -0.05) is 20.8 Å². The Morgan fingerprint density at radius 2 is 1.94 bits per heavy atom. The second-order valence-electron chi connectivity index (χ2n) is 6.15. The number of carboxylic acids is 1. The number of carbonyl (C=O) groups is 2. The highest BCUT2D eigenvalue weighted by atomic mass is 16.4. The molecule has 2 fully saturated rings. The van der Waals surface area contributed by atoms with E-state index in [0.717, 1.165) is 19.5 Å². The van der Waals surface area contributed by atoms with Crippen molar-refractivity contribution >= 4 is 11.9 Å². The molecule has 4 heteroatoms. The standard InChI is InChI=1S/C13H21NO3/c1-8-5-4-6-14(7-8)11(15)9-10(12(16)17)13(9,2)3/h8-10H,4-7H2,1-3H3,(H,16,17)/t8?,9-,10+/m0/s1. The number of hydrogen-bond acceptors (Lipinski definition) is 2. The molecule has 2 rings (SSSR count). The minimum Gasteiger partial charge on any atom is -0.481 e. The van der Waals surface area contributed by atoms with E-state index in [2.05, 4.69) is 6.92 Å². The van der Waals surface area contributed by atoms with Gasteiger partial charge in [-0.15, -0.1) is 0 Å². The second-order valence-corrected chi connectivity index (χ2v) is 6.15. The van der Waals surface area contributed by atoms with Crippen molar-refractivity contribution in [1.82, 2.24) is 4.90 Å². The molecule has 1 saturated carbocycles. The predicted molar refractivity (Wildman–Crippen MR) is 63.4 cm³/mol. The van der Waals surface area contributed by atoms with Gasteiger partial charge in [0.1, 0.15) is 0 Å². The van der Waals surface area contributed by atoms with Gasteiger partial charge < -0.3 is 10.0 Å². The van der Waals surface area contributed by atoms with Crippen LogP contribution in [0.15, 0.2) is 0 Å². The summed E-state index contributed by atoms with van der Waals surface area (Å²) in [5.41, 5.74) is -0.371. The summed E-state index contributed by atoms with van der Waals surface area (Å²) in [6, 6.07) is 0. The van der Waals surface area contributed by atoms with E-state index in [-0.39, 0.29) is 17.2 Å². The Morgan fingerprint density at radius 3 is 2.41 bits per heavy atom. The summed E-state index contributed by atoms with van der Waals surface area (Å²) in [6.07, 6.45) is 2.21. The van der Waals surface area contributed by atoms with Crippen LogP contribution in [0, 0.1) is 23.2 Å². The van der Waals surface area contributed by atoms with Crippen molar-refractivity contribution in [2.45, 2.75) is 33.6 Å². The minimum absolute atomic E-state index is 0.0500. The van der Waals surface area contributed by atoms with Crippen molar-refractivity contribution in [2.75, 3.05) is 13.1 Å². The lowest BCUT2D eigenvalue weighted by Gasteiger charge is -2.31. The average Bonchev–Trinajstić information content (AvgIpc) is 2.80. The quantitative estimate of drug-likeness (QED) is 0.796. The number of likely N-dealkylation sites (tertiary alicyclic amines) is 1. The number of amides is 1. The molecular formula is C13H21NO3. The van der Waals surface area contributed by atoms with Gasteiger partial charge in [0.2, 0.25) is 5.91 Å². The molecule has 2 aliphatic rings. The fraction of sp³-hybridized carbons (Fsp3) is 0.846. The summed E-state index contributed by atoms with van der Waals surface area (Å²) in [5, 5.41) is 9.09. The van der Waals surface area contributed by atoms with Crippen LogP contribution in [-0.2, 0) is 9.59 Å². The third kappa shape index (κ3) is 2.05. The molecule has 1 aliphatic heterocycles. The Bertz CT molecular complexity index is 351. The fourth-order valence-electron chi connectivity index (χ4n) is 3.15. The highest BCUT2D eigenvalue weighted by Gasteiger charge is 2.66. The summed E-state index contributed by atoms with van der Waals surface area (Å²) in [7, 11) is 0. The number of nitrogens with zero attached hydrogens (tertiary/aromatic N) is 1. The van der Waals surface area contributed by atoms with Crippen molar-refractivity contribution in [3.8, 4) is 0 Å². The molecule has 0 spiro atoms. The van der Waals surface area contributed by atoms with Crippen LogP contribution in [0.3, 0.4) is 0 Å². The molecule has 1 amide bonds. The number of aliphatic carboxylic acids is 1. The molecule has 1 aliphatic carbocycles. The second kappa shape index (κ2) is 4.00. The third-order valence-corrected chi connectivity index (χ3v) is 4.33. The number of piperidine rings is 1. The maximum absolute atomic E-state index is 12.3. The van der Waals surface area contributed by atoms with E-state index >= 15 is 0 Å². The monoisotopic (exact) mass is 239 g/mol. The van der Waals surface area contributed by atoms with E-state index in [4.69, 9.17) is 5.11 Å². The molecule has 1 N–H and O–H groups in total. The molecule has 4 nitrogen and oxygen atoms in total. The first-order valence-corrected chi connectivity index (χ1v) is 6.37. The van der Waals surface area contributed by atoms with E-state index in [1.165, 1.54) is 6.42 Å². The molecule has 0 radical (unpaired) electrons. The van der Waals surface area contributed by atoms with Crippen LogP contribution in [0.4, 0.5) is 0 Å². The highest BCUT2D eigenvalue weighted by molar-refractivity contribution is 5.91. The van der Waals surface area contributed by atoms with Crippen LogP contribution >= 0.6 is 0 Å². The average molecular weight is 239 g/mol. The molecule has 17 heavy (non-hydrogen) atoms. The zero-order valence-corrected chi connectivity index (χ0v) is 10.8. The van der Waals surface area contributed by atoms with E-state index in [1.54, 1.807) is 0 Å². The van der Waals surface area contributed by atoms with Gasteiger partial charge in [0.15, 0.2) is 0 Å². The summed E-state index contributed by atoms with van der Waals surface area (Å²) in [6.45, 7) is 7.48. The number of rotatable bonds is 2. The zero-order valence-electron chi connectivity index (χ0n) is 10.8. The van der Waals surface area contributed by atoms with Crippen LogP contribution in [0.2, 0.25) is 0 Å². The Morgan fingerprint density at radius 1 is 1.29 bits per heavy atom.